The first kappa shape index (κ1) is 9.99. The largest absolute Gasteiger partial charge is 1.00 e. The first-order chi connectivity index (χ1) is 1.41. The fourth-order valence-corrected chi connectivity index (χ4v) is 0. The minimum atomic E-state index is 0. The van der Waals surface area contributed by atoms with E-state index in [0.29, 0.717) is 0 Å². The van der Waals surface area contributed by atoms with Crippen molar-refractivity contribution in [3.05, 3.63) is 0 Å². The maximum Gasteiger partial charge on any atom is 0.204 e. The number of hydrogen-bond acceptors (Lipinski definition) is 1. The van der Waals surface area contributed by atoms with Gasteiger partial charge in [0.25, 0.3) is 0 Å². The lowest BCUT2D eigenvalue weighted by molar-refractivity contribution is -0.106. The van der Waals surface area contributed by atoms with E-state index in [1.54, 1.807) is 0 Å². The lowest BCUT2D eigenvalue weighted by Crippen LogP contribution is -3.00. The molecule has 0 heterocycles. The third-order valence-electron chi connectivity index (χ3n) is 0. The van der Waals surface area contributed by atoms with Gasteiger partial charge in [0.05, 0.1) is 0 Å². The van der Waals surface area contributed by atoms with Crippen molar-refractivity contribution in [3.8, 4) is 0 Å². The fraction of sp³-hybridized carbons (Fsp3) is 0. The van der Waals surface area contributed by atoms with E-state index >= 15 is 0 Å². The Morgan fingerprint density at radius 3 is 1.75 bits per heavy atom. The minimum Gasteiger partial charge on any atom is -1.00 e. The zero-order valence-electron chi connectivity index (χ0n) is 1.94. The summed E-state index contributed by atoms with van der Waals surface area (Å²) in [6, 6.07) is 0. The molecule has 0 saturated carbocycles. The van der Waals surface area contributed by atoms with Crippen molar-refractivity contribution in [2.75, 3.05) is 0 Å². The molecule has 0 aromatic carbocycles. The molecule has 0 unspecified atom stereocenters. The van der Waals surface area contributed by atoms with E-state index < -0.39 is 0 Å². The highest BCUT2D eigenvalue weighted by Crippen LogP contribution is 0.798. The summed E-state index contributed by atoms with van der Waals surface area (Å²) in [5.41, 5.74) is 4.17. The van der Waals surface area contributed by atoms with Gasteiger partial charge in [-0.15, -0.1) is 0 Å². The minimum absolute atomic E-state index is 0. The smallest absolute Gasteiger partial charge is 0.204 e. The Hall–Kier alpha value is -0.600. The highest BCUT2D eigenvalue weighted by atomic mass is 19.0. The van der Waals surface area contributed by atoms with E-state index in [0.717, 1.165) is 0 Å². The third kappa shape index (κ3) is 0.622. The molecule has 3 heteroatoms. The van der Waals surface area contributed by atoms with E-state index in [-0.39, 0.29) is 11.1 Å². The maximum absolute atomic E-state index is 8.58. The van der Waals surface area contributed by atoms with Gasteiger partial charge in [0, 0.05) is 0 Å². The molecule has 0 aliphatic heterocycles. The summed E-state index contributed by atoms with van der Waals surface area (Å²) < 4.78 is 0. The number of carbonyl (C=O) groups excluding carboxylic acids is 1. The molecule has 0 fully saturated rings. The van der Waals surface area contributed by atoms with Gasteiger partial charge >= 0.3 is 0 Å². The van der Waals surface area contributed by atoms with Crippen LogP contribution in [0.15, 0.2) is 0 Å². The van der Waals surface area contributed by atoms with Crippen LogP contribution in [0.25, 0.3) is 0 Å². The molecule has 4 heavy (non-hydrogen) atoms. The molecule has 2 nitrogen and oxygen atoms in total. The Balaban J connectivity index is 0. The number of halogens is 1. The van der Waals surface area contributed by atoms with E-state index in [1.807, 2.05) is 0 Å². The van der Waals surface area contributed by atoms with Gasteiger partial charge in [-0.05, 0) is 0 Å². The van der Waals surface area contributed by atoms with Gasteiger partial charge in [-0.2, -0.15) is 0 Å². The lowest BCUT2D eigenvalue weighted by Gasteiger charge is -1.32. The second-order valence-corrected chi connectivity index (χ2v) is 0.136. The molecule has 0 atom stereocenters. The first-order valence-electron chi connectivity index (χ1n) is 0.569. The fourth-order valence-electron chi connectivity index (χ4n) is 0. The van der Waals surface area contributed by atoms with Crippen LogP contribution in [0.5, 0.6) is 0 Å². The topological polar surface area (TPSA) is 43.1 Å². The van der Waals surface area contributed by atoms with E-state index in [9.17, 15) is 0 Å². The van der Waals surface area contributed by atoms with Gasteiger partial charge in [-0.3, -0.25) is 4.79 Å². The zero-order valence-corrected chi connectivity index (χ0v) is 1.94. The number of amides is 1. The average Bonchev–Trinajstić information content (AvgIpc) is 0.918. The van der Waals surface area contributed by atoms with Crippen molar-refractivity contribution >= 4 is 6.41 Å². The van der Waals surface area contributed by atoms with Crippen LogP contribution in [0.1, 0.15) is 0 Å². The summed E-state index contributed by atoms with van der Waals surface area (Å²) in [5, 5.41) is 0. The summed E-state index contributed by atoms with van der Waals surface area (Å²) >= 11 is 0. The average molecular weight is 64.0 g/mol. The van der Waals surface area contributed by atoms with Crippen molar-refractivity contribution in [2.45, 2.75) is 0 Å². The van der Waals surface area contributed by atoms with Crippen molar-refractivity contribution in [1.82, 2.24) is 0 Å². The van der Waals surface area contributed by atoms with Crippen LogP contribution in [-0.4, -0.2) is 6.41 Å². The molecule has 0 rings (SSSR count). The quantitative estimate of drug-likeness (QED) is 0.287. The van der Waals surface area contributed by atoms with Gasteiger partial charge < -0.3 is 10.4 Å². The number of hydrogen-bond donors (Lipinski definition) is 1. The summed E-state index contributed by atoms with van der Waals surface area (Å²) in [6.07, 6.45) is 0.250. The molecule has 26 valence electrons. The van der Waals surface area contributed by atoms with Crippen LogP contribution in [0.2, 0.25) is 0 Å². The van der Waals surface area contributed by atoms with E-state index in [4.69, 9.17) is 4.79 Å². The second kappa shape index (κ2) is 29.4. The second-order valence-electron chi connectivity index (χ2n) is 0.136. The SMILES string of the molecule is NC=O.[F-]. The molecule has 0 aliphatic rings. The van der Waals surface area contributed by atoms with Crippen LogP contribution in [0, 0.1) is 0 Å². The Bertz CT molecular complexity index is 15.5. The van der Waals surface area contributed by atoms with Crippen LogP contribution in [0.4, 0.5) is 0 Å². The van der Waals surface area contributed by atoms with Crippen molar-refractivity contribution in [2.24, 2.45) is 5.73 Å². The molecule has 0 aliphatic carbocycles. The lowest BCUT2D eigenvalue weighted by atomic mass is 11.5. The van der Waals surface area contributed by atoms with Gasteiger partial charge in [-0.1, -0.05) is 0 Å². The van der Waals surface area contributed by atoms with Gasteiger partial charge in [0.15, 0.2) is 0 Å². The summed E-state index contributed by atoms with van der Waals surface area (Å²) in [6.45, 7) is 0. The predicted octanol–water partition coefficient (Wildman–Crippen LogP) is -3.89. The monoisotopic (exact) mass is 64.0 g/mol. The van der Waals surface area contributed by atoms with Gasteiger partial charge in [-0.25, -0.2) is 0 Å². The van der Waals surface area contributed by atoms with Gasteiger partial charge in [0.1, 0.15) is 0 Å². The molecule has 1 amide bonds. The molecule has 0 aromatic rings. The van der Waals surface area contributed by atoms with Crippen molar-refractivity contribution < 1.29 is 9.50 Å². The molecule has 0 spiro atoms. The maximum atomic E-state index is 8.58. The predicted molar refractivity (Wildman–Crippen MR) is 10.3 cm³/mol. The van der Waals surface area contributed by atoms with Crippen molar-refractivity contribution in [3.63, 3.8) is 0 Å². The van der Waals surface area contributed by atoms with Crippen molar-refractivity contribution in [1.29, 1.82) is 0 Å². The Labute approximate surface area is 23.0 Å². The number of carbonyl (C=O) groups is 1. The highest BCUT2D eigenvalue weighted by Gasteiger charge is 1.19. The summed E-state index contributed by atoms with van der Waals surface area (Å²) in [7, 11) is 0. The molecule has 2 N–H and O–H groups in total. The standard InChI is InChI=1S/CH3NO.FH/c2-1-3;/h1H,(H2,2,3);1H/p-1. The highest BCUT2D eigenvalue weighted by molar-refractivity contribution is 5.42. The molecular formula is CH3FNO-. The van der Waals surface area contributed by atoms with Crippen LogP contribution in [-0.2, 0) is 4.79 Å². The number of nitrogens with two attached hydrogens (primary N) is 1. The van der Waals surface area contributed by atoms with E-state index in [1.165, 1.54) is 0 Å². The molecule has 0 saturated heterocycles. The third-order valence-corrected chi connectivity index (χ3v) is 0. The number of primary amides is 1. The normalized spacial score (nSPS) is 3.00. The molecule has 0 bridgehead atoms. The Morgan fingerprint density at radius 2 is 1.75 bits per heavy atom. The Kier molecular flexibility index (Phi) is 73.4. The summed E-state index contributed by atoms with van der Waals surface area (Å²) in [5.74, 6) is 0. The Morgan fingerprint density at radius 1 is 1.75 bits per heavy atom. The number of rotatable bonds is 0. The van der Waals surface area contributed by atoms with Crippen LogP contribution >= 0.6 is 0 Å². The molecule has 0 radical (unpaired) electrons. The zero-order chi connectivity index (χ0) is 2.71. The van der Waals surface area contributed by atoms with Gasteiger partial charge in [0.2, 0.25) is 6.41 Å². The van der Waals surface area contributed by atoms with E-state index in [2.05, 4.69) is 5.73 Å². The first-order valence-corrected chi connectivity index (χ1v) is 0.569. The molecular weight excluding hydrogens is 61.0 g/mol. The van der Waals surface area contributed by atoms with Crippen LogP contribution < -0.4 is 10.4 Å². The van der Waals surface area contributed by atoms with Crippen LogP contribution in [0.3, 0.4) is 0 Å². The summed E-state index contributed by atoms with van der Waals surface area (Å²) in [4.78, 5) is 8.58. The molecule has 0 aromatic heterocycles.